The molecule has 0 saturated heterocycles. The van der Waals surface area contributed by atoms with Gasteiger partial charge in [0.1, 0.15) is 29.8 Å². The summed E-state index contributed by atoms with van der Waals surface area (Å²) in [5, 5.41) is 4.84. The minimum Gasteiger partial charge on any atom is -0.342 e. The van der Waals surface area contributed by atoms with E-state index in [1.165, 1.54) is 10.6 Å². The lowest BCUT2D eigenvalue weighted by Crippen LogP contribution is -2.40. The maximum Gasteiger partial charge on any atom is 0.416 e. The first-order chi connectivity index (χ1) is 17.1. The Bertz CT molecular complexity index is 1540. The van der Waals surface area contributed by atoms with Crippen LogP contribution in [0.3, 0.4) is 0 Å². The highest BCUT2D eigenvalue weighted by Crippen LogP contribution is 2.37. The van der Waals surface area contributed by atoms with Crippen molar-refractivity contribution in [3.05, 3.63) is 81.3 Å². The van der Waals surface area contributed by atoms with Crippen LogP contribution < -0.4 is 10.6 Å². The number of rotatable bonds is 5. The summed E-state index contributed by atoms with van der Waals surface area (Å²) in [6, 6.07) is 3.30. The maximum absolute atomic E-state index is 14.0. The first kappa shape index (κ1) is 26.5. The molecule has 0 fully saturated rings. The van der Waals surface area contributed by atoms with Crippen molar-refractivity contribution in [3.8, 4) is 0 Å². The van der Waals surface area contributed by atoms with Gasteiger partial charge in [-0.15, -0.1) is 0 Å². The highest BCUT2D eigenvalue weighted by molar-refractivity contribution is 7.89. The molecule has 37 heavy (non-hydrogen) atoms. The molecule has 8 nitrogen and oxygen atoms in total. The molecule has 3 aromatic rings. The quantitative estimate of drug-likeness (QED) is 0.459. The fraction of sp³-hybridized carbons (Fsp3) is 0.227. The summed E-state index contributed by atoms with van der Waals surface area (Å²) in [6.07, 6.45) is -4.03. The van der Waals surface area contributed by atoms with Crippen LogP contribution in [0.5, 0.6) is 0 Å². The molecule has 2 heterocycles. The van der Waals surface area contributed by atoms with Gasteiger partial charge in [-0.25, -0.2) is 22.2 Å². The second-order valence-corrected chi connectivity index (χ2v) is 10.8. The number of nitrogens with zero attached hydrogens (tertiary/aromatic N) is 2. The van der Waals surface area contributed by atoms with Gasteiger partial charge < -0.3 is 15.2 Å². The fourth-order valence-electron chi connectivity index (χ4n) is 3.86. The van der Waals surface area contributed by atoms with Crippen LogP contribution in [0.2, 0.25) is 5.02 Å². The minimum absolute atomic E-state index is 0.00783. The molecule has 0 aliphatic carbocycles. The van der Waals surface area contributed by atoms with Crippen LogP contribution >= 0.6 is 11.6 Å². The van der Waals surface area contributed by atoms with Crippen LogP contribution in [0, 0.1) is 11.6 Å². The van der Waals surface area contributed by atoms with Gasteiger partial charge in [-0.3, -0.25) is 9.59 Å². The molecule has 2 aromatic carbocycles. The molecule has 0 spiro atoms. The summed E-state index contributed by atoms with van der Waals surface area (Å²) in [6.45, 7) is -0.426. The Morgan fingerprint density at radius 2 is 1.89 bits per heavy atom. The van der Waals surface area contributed by atoms with Gasteiger partial charge in [0, 0.05) is 22.4 Å². The van der Waals surface area contributed by atoms with Crippen molar-refractivity contribution in [2.45, 2.75) is 24.5 Å². The summed E-state index contributed by atoms with van der Waals surface area (Å²) in [5.74, 6) is -5.01. The summed E-state index contributed by atoms with van der Waals surface area (Å²) in [4.78, 5) is 29.4. The molecule has 1 aliphatic heterocycles. The molecular weight excluding hydrogens is 547 g/mol. The van der Waals surface area contributed by atoms with Gasteiger partial charge in [-0.1, -0.05) is 11.6 Å². The molecule has 1 atom stereocenters. The topological polar surface area (TPSA) is 110 Å². The molecule has 2 amide bonds. The van der Waals surface area contributed by atoms with Crippen molar-refractivity contribution in [1.29, 1.82) is 0 Å². The summed E-state index contributed by atoms with van der Waals surface area (Å²) >= 11 is 6.21. The number of fused-ring (bicyclic) bond motifs is 1. The average molecular weight is 563 g/mol. The lowest BCUT2D eigenvalue weighted by Gasteiger charge is -2.28. The lowest BCUT2D eigenvalue weighted by molar-refractivity contribution is -0.137. The van der Waals surface area contributed by atoms with Gasteiger partial charge in [-0.2, -0.15) is 13.2 Å². The molecule has 0 bridgehead atoms. The van der Waals surface area contributed by atoms with Gasteiger partial charge in [0.15, 0.2) is 15.7 Å². The second-order valence-electron chi connectivity index (χ2n) is 8.26. The third-order valence-electron chi connectivity index (χ3n) is 5.35. The molecule has 1 aliphatic rings. The number of carbonyl (C=O) groups is 2. The Balaban J connectivity index is 1.85. The van der Waals surface area contributed by atoms with Gasteiger partial charge >= 0.3 is 6.18 Å². The zero-order valence-corrected chi connectivity index (χ0v) is 20.2. The third-order valence-corrected chi connectivity index (χ3v) is 6.47. The summed E-state index contributed by atoms with van der Waals surface area (Å²) in [7, 11) is -3.71. The van der Waals surface area contributed by atoms with Gasteiger partial charge in [0.25, 0.3) is 5.91 Å². The van der Waals surface area contributed by atoms with Crippen molar-refractivity contribution >= 4 is 39.1 Å². The van der Waals surface area contributed by atoms with E-state index in [1.54, 1.807) is 0 Å². The number of amides is 2. The number of nitrogens with one attached hydrogen (secondary N) is 2. The van der Waals surface area contributed by atoms with Crippen LogP contribution in [-0.4, -0.2) is 36.0 Å². The van der Waals surface area contributed by atoms with Gasteiger partial charge in [0.05, 0.1) is 17.3 Å². The Morgan fingerprint density at radius 3 is 2.54 bits per heavy atom. The second kappa shape index (κ2) is 9.41. The normalized spacial score (nSPS) is 15.8. The number of hydrogen-bond acceptors (Lipinski definition) is 5. The first-order valence-electron chi connectivity index (χ1n) is 10.3. The SMILES string of the molecule is CS(=O)(=O)Cc1nc(NC(=O)c2cc(F)cc(C(F)(F)F)c2)c2n1CC(=O)N[C@H]2c1cc(F)ccc1Cl. The smallest absolute Gasteiger partial charge is 0.342 e. The standard InChI is InChI=1S/C22H16ClF5N4O4S/c1-37(35,36)9-16-29-20(31-21(34)10-4-11(22(26,27)28)6-13(25)5-10)19-18(30-17(33)8-32(16)19)14-7-12(24)2-3-15(14)23/h2-7,18H,8-9H2,1H3,(H,30,33)(H,31,34)/t18-/m0/s1. The van der Waals surface area contributed by atoms with Crippen LogP contribution in [0.4, 0.5) is 27.8 Å². The lowest BCUT2D eigenvalue weighted by atomic mass is 10.0. The fourth-order valence-corrected chi connectivity index (χ4v) is 4.78. The molecule has 0 radical (unpaired) electrons. The number of carbonyl (C=O) groups excluding carboxylic acids is 2. The van der Waals surface area contributed by atoms with Crippen molar-refractivity contribution in [3.63, 3.8) is 0 Å². The van der Waals surface area contributed by atoms with Crippen LogP contribution in [0.25, 0.3) is 0 Å². The van der Waals surface area contributed by atoms with Crippen LogP contribution in [-0.2, 0) is 33.1 Å². The van der Waals surface area contributed by atoms with E-state index in [-0.39, 0.29) is 34.0 Å². The Labute approximate surface area is 211 Å². The summed E-state index contributed by atoms with van der Waals surface area (Å²) < 4.78 is 92.4. The maximum atomic E-state index is 14.0. The minimum atomic E-state index is -4.93. The van der Waals surface area contributed by atoms with Crippen LogP contribution in [0.15, 0.2) is 36.4 Å². The number of imidazole rings is 1. The zero-order chi connectivity index (χ0) is 27.3. The first-order valence-corrected chi connectivity index (χ1v) is 12.8. The number of benzene rings is 2. The van der Waals surface area contributed by atoms with E-state index in [1.807, 2.05) is 0 Å². The highest BCUT2D eigenvalue weighted by atomic mass is 35.5. The van der Waals surface area contributed by atoms with E-state index >= 15 is 0 Å². The Morgan fingerprint density at radius 1 is 1.19 bits per heavy atom. The van der Waals surface area contributed by atoms with Crippen molar-refractivity contribution < 1.29 is 40.0 Å². The third kappa shape index (κ3) is 5.74. The molecule has 15 heteroatoms. The van der Waals surface area contributed by atoms with Gasteiger partial charge in [-0.05, 0) is 36.4 Å². The molecular formula is C22H16ClF5N4O4S. The summed E-state index contributed by atoms with van der Waals surface area (Å²) in [5.41, 5.74) is -2.06. The van der Waals surface area contributed by atoms with E-state index in [2.05, 4.69) is 15.6 Å². The Kier molecular flexibility index (Phi) is 6.75. The molecule has 0 saturated carbocycles. The van der Waals surface area contributed by atoms with E-state index in [0.717, 1.165) is 18.4 Å². The van der Waals surface area contributed by atoms with E-state index in [0.29, 0.717) is 12.1 Å². The molecule has 0 unspecified atom stereocenters. The zero-order valence-electron chi connectivity index (χ0n) is 18.7. The van der Waals surface area contributed by atoms with E-state index in [4.69, 9.17) is 11.6 Å². The van der Waals surface area contributed by atoms with E-state index < -0.39 is 68.9 Å². The number of anilines is 1. The van der Waals surface area contributed by atoms with E-state index in [9.17, 15) is 40.0 Å². The number of sulfone groups is 1. The largest absolute Gasteiger partial charge is 0.416 e. The average Bonchev–Trinajstić information content (AvgIpc) is 3.08. The van der Waals surface area contributed by atoms with Crippen molar-refractivity contribution in [2.24, 2.45) is 0 Å². The van der Waals surface area contributed by atoms with Crippen LogP contribution in [0.1, 0.15) is 39.0 Å². The molecule has 4 rings (SSSR count). The number of aromatic nitrogens is 2. The number of halogens is 6. The highest BCUT2D eigenvalue weighted by Gasteiger charge is 2.36. The van der Waals surface area contributed by atoms with Crippen molar-refractivity contribution in [2.75, 3.05) is 11.6 Å². The van der Waals surface area contributed by atoms with Crippen molar-refractivity contribution in [1.82, 2.24) is 14.9 Å². The van der Waals surface area contributed by atoms with Gasteiger partial charge in [0.2, 0.25) is 5.91 Å². The molecule has 196 valence electrons. The molecule has 1 aromatic heterocycles. The predicted molar refractivity (Wildman–Crippen MR) is 122 cm³/mol. The number of hydrogen-bond donors (Lipinski definition) is 2. The predicted octanol–water partition coefficient (Wildman–Crippen LogP) is 3.85. The monoisotopic (exact) mass is 562 g/mol. The number of alkyl halides is 3. The molecule has 2 N–H and O–H groups in total. The Hall–Kier alpha value is -3.52.